The summed E-state index contributed by atoms with van der Waals surface area (Å²) in [6.45, 7) is 1.40. The van der Waals surface area contributed by atoms with Crippen molar-refractivity contribution in [1.82, 2.24) is 9.55 Å². The number of rotatable bonds is 2. The predicted molar refractivity (Wildman–Crippen MR) is 99.2 cm³/mol. The molecule has 2 heterocycles. The maximum Gasteiger partial charge on any atom is 0.265 e. The van der Waals surface area contributed by atoms with E-state index < -0.39 is 0 Å². The highest BCUT2D eigenvalue weighted by molar-refractivity contribution is 7.99. The molecule has 3 aromatic rings. The first kappa shape index (κ1) is 15.8. The number of hydrogen-bond donors (Lipinski definition) is 0. The van der Waals surface area contributed by atoms with E-state index in [1.54, 1.807) is 11.8 Å². The van der Waals surface area contributed by atoms with E-state index >= 15 is 0 Å². The average molecular weight is 348 g/mol. The first-order chi connectivity index (χ1) is 12.2. The molecule has 0 amide bonds. The average Bonchev–Trinajstić information content (AvgIpc) is 3.07. The Bertz CT molecular complexity index is 997. The fourth-order valence-corrected chi connectivity index (χ4v) is 4.41. The Morgan fingerprint density at radius 3 is 2.36 bits per heavy atom. The first-order valence-corrected chi connectivity index (χ1v) is 9.06. The van der Waals surface area contributed by atoms with Crippen LogP contribution in [0.2, 0.25) is 0 Å². The van der Waals surface area contributed by atoms with Gasteiger partial charge in [0.2, 0.25) is 5.91 Å². The minimum atomic E-state index is -0.317. The Morgan fingerprint density at radius 1 is 1.08 bits per heavy atom. The summed E-state index contributed by atoms with van der Waals surface area (Å²) in [5.41, 5.74) is 2.22. The van der Waals surface area contributed by atoms with Gasteiger partial charge in [0.25, 0.3) is 5.56 Å². The van der Waals surface area contributed by atoms with Crippen LogP contribution in [0.5, 0.6) is 0 Å². The van der Waals surface area contributed by atoms with Gasteiger partial charge in [0.05, 0.1) is 5.56 Å². The monoisotopic (exact) mass is 348 g/mol. The summed E-state index contributed by atoms with van der Waals surface area (Å²) < 4.78 is 1.20. The molecule has 1 atom stereocenters. The number of carbonyl (C=O) groups excluding carboxylic acids is 1. The van der Waals surface area contributed by atoms with Crippen molar-refractivity contribution >= 4 is 17.7 Å². The third kappa shape index (κ3) is 2.70. The lowest BCUT2D eigenvalue weighted by molar-refractivity contribution is 0.0932. The van der Waals surface area contributed by atoms with Crippen molar-refractivity contribution in [2.75, 3.05) is 5.75 Å². The summed E-state index contributed by atoms with van der Waals surface area (Å²) in [7, 11) is 0. The van der Waals surface area contributed by atoms with Gasteiger partial charge in [0.15, 0.2) is 5.82 Å². The smallest absolute Gasteiger partial charge is 0.265 e. The number of carbonyl (C=O) groups is 1. The molecular formula is C20H16N2O2S. The molecule has 4 nitrogen and oxygen atoms in total. The van der Waals surface area contributed by atoms with Crippen LogP contribution in [-0.4, -0.2) is 21.2 Å². The molecule has 0 saturated heterocycles. The van der Waals surface area contributed by atoms with E-state index in [1.165, 1.54) is 11.5 Å². The SMILES string of the molecule is CC(=O)n1c(-c2ccccc2)nc2c(c1=O)[C@@H](c1ccccc1)CS2. The van der Waals surface area contributed by atoms with E-state index in [1.807, 2.05) is 60.7 Å². The summed E-state index contributed by atoms with van der Waals surface area (Å²) in [5, 5.41) is 0.732. The molecule has 1 aromatic heterocycles. The van der Waals surface area contributed by atoms with Gasteiger partial charge in [-0.3, -0.25) is 9.59 Å². The Labute approximate surface area is 149 Å². The molecule has 1 aliphatic heterocycles. The summed E-state index contributed by atoms with van der Waals surface area (Å²) in [5.74, 6) is 0.829. The van der Waals surface area contributed by atoms with E-state index in [9.17, 15) is 9.59 Å². The first-order valence-electron chi connectivity index (χ1n) is 8.08. The van der Waals surface area contributed by atoms with Crippen LogP contribution < -0.4 is 5.56 Å². The minimum absolute atomic E-state index is 0.0309. The Balaban J connectivity index is 1.95. The van der Waals surface area contributed by atoms with Crippen molar-refractivity contribution in [2.45, 2.75) is 17.9 Å². The van der Waals surface area contributed by atoms with Crippen LogP contribution in [-0.2, 0) is 0 Å². The summed E-state index contributed by atoms with van der Waals surface area (Å²) in [6.07, 6.45) is 0. The van der Waals surface area contributed by atoms with E-state index in [4.69, 9.17) is 0 Å². The van der Waals surface area contributed by atoms with Crippen molar-refractivity contribution in [1.29, 1.82) is 0 Å². The number of hydrogen-bond acceptors (Lipinski definition) is 4. The molecule has 4 rings (SSSR count). The number of thioether (sulfide) groups is 1. The number of aromatic nitrogens is 2. The zero-order chi connectivity index (χ0) is 17.4. The normalized spacial score (nSPS) is 15.8. The van der Waals surface area contributed by atoms with Crippen LogP contribution in [0.4, 0.5) is 0 Å². The minimum Gasteiger partial charge on any atom is -0.274 e. The summed E-state index contributed by atoms with van der Waals surface area (Å²) in [4.78, 5) is 30.1. The van der Waals surface area contributed by atoms with Crippen LogP contribution in [0.25, 0.3) is 11.4 Å². The fourth-order valence-electron chi connectivity index (χ4n) is 3.19. The molecule has 5 heteroatoms. The van der Waals surface area contributed by atoms with Crippen molar-refractivity contribution < 1.29 is 4.79 Å². The van der Waals surface area contributed by atoms with E-state index in [0.29, 0.717) is 11.4 Å². The van der Waals surface area contributed by atoms with Gasteiger partial charge >= 0.3 is 0 Å². The van der Waals surface area contributed by atoms with Gasteiger partial charge in [0, 0.05) is 24.2 Å². The second-order valence-electron chi connectivity index (χ2n) is 5.95. The van der Waals surface area contributed by atoms with Crippen molar-refractivity contribution in [3.63, 3.8) is 0 Å². The van der Waals surface area contributed by atoms with E-state index in [2.05, 4.69) is 4.98 Å². The molecule has 1 aliphatic rings. The van der Waals surface area contributed by atoms with Gasteiger partial charge in [-0.2, -0.15) is 0 Å². The van der Waals surface area contributed by atoms with Crippen LogP contribution in [0, 0.1) is 0 Å². The van der Waals surface area contributed by atoms with Gasteiger partial charge in [0.1, 0.15) is 5.03 Å². The maximum absolute atomic E-state index is 13.2. The van der Waals surface area contributed by atoms with Crippen molar-refractivity contribution in [3.05, 3.63) is 82.1 Å². The van der Waals surface area contributed by atoms with Gasteiger partial charge in [-0.25, -0.2) is 9.55 Å². The van der Waals surface area contributed by atoms with Gasteiger partial charge in [-0.15, -0.1) is 11.8 Å². The molecule has 0 bridgehead atoms. The molecule has 0 radical (unpaired) electrons. The molecule has 0 N–H and O–H groups in total. The van der Waals surface area contributed by atoms with Crippen LogP contribution >= 0.6 is 11.8 Å². The Hall–Kier alpha value is -2.66. The molecule has 124 valence electrons. The number of benzene rings is 2. The van der Waals surface area contributed by atoms with Gasteiger partial charge in [-0.1, -0.05) is 60.7 Å². The van der Waals surface area contributed by atoms with Crippen LogP contribution in [0.15, 0.2) is 70.5 Å². The molecule has 0 fully saturated rings. The Kier molecular flexibility index (Phi) is 4.01. The predicted octanol–water partition coefficient (Wildman–Crippen LogP) is 3.81. The quantitative estimate of drug-likeness (QED) is 0.661. The zero-order valence-corrected chi connectivity index (χ0v) is 14.5. The highest BCUT2D eigenvalue weighted by atomic mass is 32.2. The van der Waals surface area contributed by atoms with Gasteiger partial charge in [-0.05, 0) is 5.56 Å². The number of fused-ring (bicyclic) bond motifs is 1. The lowest BCUT2D eigenvalue weighted by atomic mass is 9.95. The fraction of sp³-hybridized carbons (Fsp3) is 0.150. The molecule has 2 aromatic carbocycles. The van der Waals surface area contributed by atoms with Crippen LogP contribution in [0.1, 0.15) is 28.8 Å². The van der Waals surface area contributed by atoms with Gasteiger partial charge < -0.3 is 0 Å². The second kappa shape index (κ2) is 6.33. The lowest BCUT2D eigenvalue weighted by Crippen LogP contribution is -2.31. The number of nitrogens with zero attached hydrogens (tertiary/aromatic N) is 2. The zero-order valence-electron chi connectivity index (χ0n) is 13.7. The van der Waals surface area contributed by atoms with Crippen molar-refractivity contribution in [3.8, 4) is 11.4 Å². The van der Waals surface area contributed by atoms with Crippen LogP contribution in [0.3, 0.4) is 0 Å². The largest absolute Gasteiger partial charge is 0.274 e. The molecule has 0 aliphatic carbocycles. The van der Waals surface area contributed by atoms with E-state index in [-0.39, 0.29) is 17.4 Å². The molecule has 0 unspecified atom stereocenters. The highest BCUT2D eigenvalue weighted by Gasteiger charge is 2.32. The third-order valence-corrected chi connectivity index (χ3v) is 5.45. The Morgan fingerprint density at radius 2 is 1.72 bits per heavy atom. The molecule has 0 saturated carbocycles. The standard InChI is InChI=1S/C20H16N2O2S/c1-13(23)22-18(15-10-6-3-7-11-15)21-19-17(20(22)24)16(12-25-19)14-8-4-2-5-9-14/h2-11,16H,12H2,1H3/t16-/m1/s1. The molecule has 25 heavy (non-hydrogen) atoms. The van der Waals surface area contributed by atoms with Crippen molar-refractivity contribution in [2.24, 2.45) is 0 Å². The van der Waals surface area contributed by atoms with E-state index in [0.717, 1.165) is 21.9 Å². The summed E-state index contributed by atoms with van der Waals surface area (Å²) in [6, 6.07) is 19.3. The lowest BCUT2D eigenvalue weighted by Gasteiger charge is -2.14. The maximum atomic E-state index is 13.2. The third-order valence-electron chi connectivity index (χ3n) is 4.37. The summed E-state index contributed by atoms with van der Waals surface area (Å²) >= 11 is 1.58. The second-order valence-corrected chi connectivity index (χ2v) is 6.96. The molecule has 0 spiro atoms. The topological polar surface area (TPSA) is 52.0 Å². The molecular weight excluding hydrogens is 332 g/mol. The highest BCUT2D eigenvalue weighted by Crippen LogP contribution is 2.40.